The Labute approximate surface area is 206 Å². The van der Waals surface area contributed by atoms with E-state index in [9.17, 15) is 10.1 Å². The first-order chi connectivity index (χ1) is 16.4. The number of nitro groups is 1. The molecule has 1 aromatic carbocycles. The Morgan fingerprint density at radius 1 is 0.629 bits per heavy atom. The van der Waals surface area contributed by atoms with Gasteiger partial charge < -0.3 is 0 Å². The van der Waals surface area contributed by atoms with E-state index >= 15 is 0 Å². The molecule has 6 heteroatoms. The predicted molar refractivity (Wildman–Crippen MR) is 140 cm³/mol. The van der Waals surface area contributed by atoms with Gasteiger partial charge in [0, 0.05) is 24.5 Å². The van der Waals surface area contributed by atoms with Crippen LogP contribution in [0.25, 0.3) is 33.9 Å². The molecule has 6 nitrogen and oxygen atoms in total. The van der Waals surface area contributed by atoms with Crippen LogP contribution in [-0.2, 0) is 10.8 Å². The maximum atomic E-state index is 11.1. The zero-order chi connectivity index (χ0) is 25.4. The van der Waals surface area contributed by atoms with Crippen LogP contribution in [0.3, 0.4) is 0 Å². The molecule has 3 aromatic heterocycles. The van der Waals surface area contributed by atoms with Crippen molar-refractivity contribution in [1.82, 2.24) is 15.0 Å². The Hall–Kier alpha value is -3.93. The van der Waals surface area contributed by atoms with E-state index in [1.165, 1.54) is 23.3 Å². The molecule has 4 rings (SSSR count). The average molecular weight is 467 g/mol. The van der Waals surface area contributed by atoms with Crippen molar-refractivity contribution in [1.29, 1.82) is 0 Å². The second-order valence-corrected chi connectivity index (χ2v) is 10.8. The van der Waals surface area contributed by atoms with Gasteiger partial charge >= 0.3 is 0 Å². The topological polar surface area (TPSA) is 81.8 Å². The zero-order valence-corrected chi connectivity index (χ0v) is 21.0. The maximum absolute atomic E-state index is 11.1. The van der Waals surface area contributed by atoms with Crippen LogP contribution < -0.4 is 0 Å². The summed E-state index contributed by atoms with van der Waals surface area (Å²) < 4.78 is 0. The fourth-order valence-corrected chi connectivity index (χ4v) is 3.81. The van der Waals surface area contributed by atoms with Gasteiger partial charge in [0.2, 0.25) is 0 Å². The molecule has 0 saturated heterocycles. The number of benzene rings is 1. The van der Waals surface area contributed by atoms with E-state index in [1.54, 1.807) is 12.1 Å². The summed E-state index contributed by atoms with van der Waals surface area (Å²) in [5.41, 5.74) is 7.09. The Kier molecular flexibility index (Phi) is 6.24. The van der Waals surface area contributed by atoms with Crippen LogP contribution in [0.5, 0.6) is 0 Å². The molecule has 0 aliphatic rings. The van der Waals surface area contributed by atoms with Crippen molar-refractivity contribution in [3.8, 4) is 33.9 Å². The molecule has 0 amide bonds. The maximum Gasteiger partial charge on any atom is 0.269 e. The molecule has 0 atom stereocenters. The lowest BCUT2D eigenvalue weighted by molar-refractivity contribution is -0.384. The number of rotatable bonds is 4. The second-order valence-electron chi connectivity index (χ2n) is 10.8. The highest BCUT2D eigenvalue weighted by Crippen LogP contribution is 2.33. The molecular weight excluding hydrogens is 436 g/mol. The second kappa shape index (κ2) is 9.02. The minimum absolute atomic E-state index is 0.0287. The van der Waals surface area contributed by atoms with Crippen molar-refractivity contribution < 1.29 is 4.92 Å². The van der Waals surface area contributed by atoms with Crippen LogP contribution in [0.1, 0.15) is 52.7 Å². The summed E-state index contributed by atoms with van der Waals surface area (Å²) in [7, 11) is 0. The zero-order valence-electron chi connectivity index (χ0n) is 21.0. The molecule has 0 aliphatic heterocycles. The first-order valence-corrected chi connectivity index (χ1v) is 11.6. The number of hydrogen-bond donors (Lipinski definition) is 0. The third kappa shape index (κ3) is 5.43. The summed E-state index contributed by atoms with van der Waals surface area (Å²) in [6.45, 7) is 13.0. The molecule has 0 spiro atoms. The molecule has 0 bridgehead atoms. The fourth-order valence-electron chi connectivity index (χ4n) is 3.81. The normalized spacial score (nSPS) is 11.9. The molecule has 0 N–H and O–H groups in total. The van der Waals surface area contributed by atoms with Gasteiger partial charge in [-0.15, -0.1) is 0 Å². The van der Waals surface area contributed by atoms with Crippen molar-refractivity contribution in [2.24, 2.45) is 0 Å². The van der Waals surface area contributed by atoms with Crippen LogP contribution in [0.2, 0.25) is 0 Å². The highest BCUT2D eigenvalue weighted by Gasteiger charge is 2.18. The first-order valence-electron chi connectivity index (χ1n) is 11.6. The van der Waals surface area contributed by atoms with Gasteiger partial charge in [0.25, 0.3) is 5.69 Å². The van der Waals surface area contributed by atoms with E-state index in [2.05, 4.69) is 63.6 Å². The van der Waals surface area contributed by atoms with Gasteiger partial charge in [0.05, 0.1) is 27.7 Å². The molecule has 4 aromatic rings. The van der Waals surface area contributed by atoms with E-state index in [1.807, 2.05) is 36.7 Å². The minimum Gasteiger partial charge on any atom is -0.258 e. The highest BCUT2D eigenvalue weighted by molar-refractivity contribution is 5.75. The number of aromatic nitrogens is 3. The van der Waals surface area contributed by atoms with Crippen LogP contribution in [0.15, 0.2) is 73.1 Å². The lowest BCUT2D eigenvalue weighted by Crippen LogP contribution is -2.11. The van der Waals surface area contributed by atoms with Crippen molar-refractivity contribution in [3.05, 3.63) is 94.3 Å². The van der Waals surface area contributed by atoms with E-state index < -0.39 is 4.92 Å². The molecule has 35 heavy (non-hydrogen) atoms. The van der Waals surface area contributed by atoms with E-state index in [0.29, 0.717) is 0 Å². The Balaban J connectivity index is 1.91. The molecule has 0 saturated carbocycles. The standard InChI is InChI=1S/C29H30N4O2/c1-28(2,3)21-11-13-30-24(17-21)26-15-20(19-7-9-23(10-8-19)33(34)35)16-27(32-26)25-18-22(12-14-31-25)29(4,5)6/h7-18H,1-6H3. The van der Waals surface area contributed by atoms with Crippen LogP contribution in [0.4, 0.5) is 5.69 Å². The Bertz CT molecular complexity index is 1310. The summed E-state index contributed by atoms with van der Waals surface area (Å²) in [6, 6.07) is 18.7. The quantitative estimate of drug-likeness (QED) is 0.231. The van der Waals surface area contributed by atoms with Gasteiger partial charge in [0.1, 0.15) is 0 Å². The van der Waals surface area contributed by atoms with Crippen LogP contribution in [0, 0.1) is 10.1 Å². The molecule has 0 unspecified atom stereocenters. The van der Waals surface area contributed by atoms with Crippen molar-refractivity contribution in [3.63, 3.8) is 0 Å². The number of nitrogens with zero attached hydrogens (tertiary/aromatic N) is 4. The summed E-state index contributed by atoms with van der Waals surface area (Å²) in [4.78, 5) is 24.9. The number of nitro benzene ring substituents is 1. The third-order valence-electron chi connectivity index (χ3n) is 6.01. The summed E-state index contributed by atoms with van der Waals surface area (Å²) >= 11 is 0. The van der Waals surface area contributed by atoms with Crippen LogP contribution >= 0.6 is 0 Å². The van der Waals surface area contributed by atoms with Gasteiger partial charge in [-0.3, -0.25) is 20.1 Å². The largest absolute Gasteiger partial charge is 0.269 e. The van der Waals surface area contributed by atoms with Gasteiger partial charge in [0.15, 0.2) is 0 Å². The first kappa shape index (κ1) is 24.2. The molecule has 178 valence electrons. The molecule has 0 radical (unpaired) electrons. The summed E-state index contributed by atoms with van der Waals surface area (Å²) in [5, 5.41) is 11.1. The van der Waals surface area contributed by atoms with Crippen molar-refractivity contribution in [2.45, 2.75) is 52.4 Å². The number of pyridine rings is 3. The summed E-state index contributed by atoms with van der Waals surface area (Å²) in [5.74, 6) is 0. The third-order valence-corrected chi connectivity index (χ3v) is 6.01. The predicted octanol–water partition coefficient (Wildman–Crippen LogP) is 7.38. The van der Waals surface area contributed by atoms with Crippen LogP contribution in [-0.4, -0.2) is 19.9 Å². The van der Waals surface area contributed by atoms with Gasteiger partial charge in [-0.05, 0) is 81.6 Å². The highest BCUT2D eigenvalue weighted by atomic mass is 16.6. The summed E-state index contributed by atoms with van der Waals surface area (Å²) in [6.07, 6.45) is 3.63. The lowest BCUT2D eigenvalue weighted by Gasteiger charge is -2.20. The average Bonchev–Trinajstić information content (AvgIpc) is 2.83. The van der Waals surface area contributed by atoms with E-state index in [-0.39, 0.29) is 16.5 Å². The fraction of sp³-hybridized carbons (Fsp3) is 0.276. The number of non-ortho nitro benzene ring substituents is 1. The number of hydrogen-bond acceptors (Lipinski definition) is 5. The SMILES string of the molecule is CC(C)(C)c1ccnc(-c2cc(-c3ccc([N+](=O)[O-])cc3)cc(-c3cc(C(C)(C)C)ccn3)n2)c1. The van der Waals surface area contributed by atoms with Crippen molar-refractivity contribution in [2.75, 3.05) is 0 Å². The van der Waals surface area contributed by atoms with Crippen molar-refractivity contribution >= 4 is 5.69 Å². The molecular formula is C29H30N4O2. The smallest absolute Gasteiger partial charge is 0.258 e. The van der Waals surface area contributed by atoms with Gasteiger partial charge in [-0.25, -0.2) is 4.98 Å². The molecule has 3 heterocycles. The van der Waals surface area contributed by atoms with E-state index in [4.69, 9.17) is 4.98 Å². The monoisotopic (exact) mass is 466 g/mol. The van der Waals surface area contributed by atoms with E-state index in [0.717, 1.165) is 33.9 Å². The van der Waals surface area contributed by atoms with Gasteiger partial charge in [-0.2, -0.15) is 0 Å². The molecule has 0 fully saturated rings. The Morgan fingerprint density at radius 2 is 1.09 bits per heavy atom. The minimum atomic E-state index is -0.392. The lowest BCUT2D eigenvalue weighted by atomic mass is 9.87. The molecule has 0 aliphatic carbocycles. The Morgan fingerprint density at radius 3 is 1.49 bits per heavy atom. The van der Waals surface area contributed by atoms with Gasteiger partial charge in [-0.1, -0.05) is 41.5 Å².